The molecule has 0 aliphatic carbocycles. The van der Waals surface area contributed by atoms with E-state index in [1.54, 1.807) is 0 Å². The first-order valence-corrected chi connectivity index (χ1v) is 6.36. The largest absolute Gasteiger partial charge is 0.117 e. The Bertz CT molecular complexity index is 502. The molecular formula is C16H17Cl. The van der Waals surface area contributed by atoms with Gasteiger partial charge in [-0.1, -0.05) is 48.5 Å². The number of aryl methyl sites for hydroxylation is 2. The van der Waals surface area contributed by atoms with Crippen LogP contribution in [0.15, 0.2) is 48.5 Å². The van der Waals surface area contributed by atoms with E-state index in [0.29, 0.717) is 0 Å². The average molecular weight is 245 g/mol. The maximum absolute atomic E-state index is 6.52. The Morgan fingerprint density at radius 2 is 1.47 bits per heavy atom. The molecule has 2 rings (SSSR count). The number of benzene rings is 2. The molecule has 0 aliphatic rings. The molecule has 1 atom stereocenters. The van der Waals surface area contributed by atoms with E-state index in [-0.39, 0.29) is 5.38 Å². The predicted octanol–water partition coefficient (Wildman–Crippen LogP) is 4.83. The highest BCUT2D eigenvalue weighted by Crippen LogP contribution is 2.28. The lowest BCUT2D eigenvalue weighted by Gasteiger charge is -2.14. The average Bonchev–Trinajstić information content (AvgIpc) is 2.32. The molecule has 88 valence electrons. The normalized spacial score (nSPS) is 12.4. The third-order valence-electron chi connectivity index (χ3n) is 3.19. The van der Waals surface area contributed by atoms with Crippen molar-refractivity contribution in [2.45, 2.75) is 25.6 Å². The zero-order chi connectivity index (χ0) is 12.3. The van der Waals surface area contributed by atoms with E-state index in [1.807, 2.05) is 0 Å². The summed E-state index contributed by atoms with van der Waals surface area (Å²) in [6.07, 6.45) is 0.888. The van der Waals surface area contributed by atoms with Gasteiger partial charge in [0.15, 0.2) is 0 Å². The van der Waals surface area contributed by atoms with Crippen molar-refractivity contribution in [1.82, 2.24) is 0 Å². The van der Waals surface area contributed by atoms with Crippen LogP contribution in [0.5, 0.6) is 0 Å². The molecule has 1 heteroatoms. The van der Waals surface area contributed by atoms with Crippen molar-refractivity contribution in [2.75, 3.05) is 0 Å². The first-order valence-electron chi connectivity index (χ1n) is 5.92. The van der Waals surface area contributed by atoms with Gasteiger partial charge >= 0.3 is 0 Å². The van der Waals surface area contributed by atoms with Crippen molar-refractivity contribution >= 4 is 11.6 Å². The highest BCUT2D eigenvalue weighted by molar-refractivity contribution is 6.21. The van der Waals surface area contributed by atoms with Crippen molar-refractivity contribution in [3.63, 3.8) is 0 Å². The number of hydrogen-bond acceptors (Lipinski definition) is 0. The lowest BCUT2D eigenvalue weighted by molar-refractivity contribution is 0.902. The van der Waals surface area contributed by atoms with Gasteiger partial charge in [0.05, 0.1) is 5.38 Å². The van der Waals surface area contributed by atoms with Gasteiger partial charge in [-0.2, -0.15) is 0 Å². The van der Waals surface area contributed by atoms with Gasteiger partial charge in [0, 0.05) is 0 Å². The van der Waals surface area contributed by atoms with Crippen molar-refractivity contribution in [3.05, 3.63) is 70.8 Å². The first kappa shape index (κ1) is 12.2. The van der Waals surface area contributed by atoms with E-state index in [0.717, 1.165) is 6.42 Å². The third kappa shape index (κ3) is 2.89. The summed E-state index contributed by atoms with van der Waals surface area (Å²) in [6, 6.07) is 16.8. The summed E-state index contributed by atoms with van der Waals surface area (Å²) in [5.41, 5.74) is 5.14. The summed E-state index contributed by atoms with van der Waals surface area (Å²) in [7, 11) is 0. The fourth-order valence-electron chi connectivity index (χ4n) is 2.08. The molecular weight excluding hydrogens is 228 g/mol. The zero-order valence-corrected chi connectivity index (χ0v) is 11.0. The molecule has 0 saturated heterocycles. The molecule has 0 fully saturated rings. The van der Waals surface area contributed by atoms with Gasteiger partial charge in [-0.3, -0.25) is 0 Å². The van der Waals surface area contributed by atoms with Gasteiger partial charge < -0.3 is 0 Å². The standard InChI is InChI=1S/C16H17Cl/c1-12-7-3-5-9-14(12)11-16(17)15-10-6-4-8-13(15)2/h3-10,16H,11H2,1-2H3. The summed E-state index contributed by atoms with van der Waals surface area (Å²) in [5, 5.41) is 0.0531. The Morgan fingerprint density at radius 3 is 2.12 bits per heavy atom. The molecule has 0 bridgehead atoms. The SMILES string of the molecule is Cc1ccccc1CC(Cl)c1ccccc1C. The molecule has 0 N–H and O–H groups in total. The quantitative estimate of drug-likeness (QED) is 0.679. The number of rotatable bonds is 3. The highest BCUT2D eigenvalue weighted by atomic mass is 35.5. The number of halogens is 1. The molecule has 1 unspecified atom stereocenters. The third-order valence-corrected chi connectivity index (χ3v) is 3.58. The summed E-state index contributed by atoms with van der Waals surface area (Å²) in [5.74, 6) is 0. The van der Waals surface area contributed by atoms with E-state index >= 15 is 0 Å². The van der Waals surface area contributed by atoms with E-state index in [4.69, 9.17) is 11.6 Å². The fraction of sp³-hybridized carbons (Fsp3) is 0.250. The molecule has 0 nitrogen and oxygen atoms in total. The molecule has 0 aliphatic heterocycles. The molecule has 0 aromatic heterocycles. The number of hydrogen-bond donors (Lipinski definition) is 0. The molecule has 2 aromatic carbocycles. The van der Waals surface area contributed by atoms with Crippen LogP contribution in [0.1, 0.15) is 27.6 Å². The van der Waals surface area contributed by atoms with E-state index in [1.165, 1.54) is 22.3 Å². The van der Waals surface area contributed by atoms with Crippen LogP contribution in [0.3, 0.4) is 0 Å². The van der Waals surface area contributed by atoms with Crippen LogP contribution in [-0.2, 0) is 6.42 Å². The van der Waals surface area contributed by atoms with E-state index in [9.17, 15) is 0 Å². The Morgan fingerprint density at radius 1 is 0.882 bits per heavy atom. The first-order chi connectivity index (χ1) is 8.18. The molecule has 0 spiro atoms. The van der Waals surface area contributed by atoms with Crippen LogP contribution < -0.4 is 0 Å². The van der Waals surface area contributed by atoms with Gasteiger partial charge in [0.1, 0.15) is 0 Å². The molecule has 0 heterocycles. The minimum atomic E-state index is 0.0531. The second kappa shape index (κ2) is 5.37. The second-order valence-electron chi connectivity index (χ2n) is 4.45. The highest BCUT2D eigenvalue weighted by Gasteiger charge is 2.11. The molecule has 0 radical (unpaired) electrons. The monoisotopic (exact) mass is 244 g/mol. The summed E-state index contributed by atoms with van der Waals surface area (Å²) in [6.45, 7) is 4.25. The van der Waals surface area contributed by atoms with Gasteiger partial charge in [-0.25, -0.2) is 0 Å². The lowest BCUT2D eigenvalue weighted by Crippen LogP contribution is -1.99. The Kier molecular flexibility index (Phi) is 3.86. The van der Waals surface area contributed by atoms with Crippen LogP contribution in [0.2, 0.25) is 0 Å². The predicted molar refractivity (Wildman–Crippen MR) is 74.7 cm³/mol. The fourth-order valence-corrected chi connectivity index (χ4v) is 2.49. The van der Waals surface area contributed by atoms with Gasteiger partial charge in [-0.15, -0.1) is 11.6 Å². The molecule has 0 amide bonds. The smallest absolute Gasteiger partial charge is 0.0628 e. The molecule has 0 saturated carbocycles. The van der Waals surface area contributed by atoms with E-state index < -0.39 is 0 Å². The van der Waals surface area contributed by atoms with Gasteiger partial charge in [0.25, 0.3) is 0 Å². The molecule has 2 aromatic rings. The van der Waals surface area contributed by atoms with Crippen molar-refractivity contribution in [1.29, 1.82) is 0 Å². The molecule has 17 heavy (non-hydrogen) atoms. The maximum Gasteiger partial charge on any atom is 0.0628 e. The number of alkyl halides is 1. The van der Waals surface area contributed by atoms with Crippen molar-refractivity contribution in [3.8, 4) is 0 Å². The van der Waals surface area contributed by atoms with E-state index in [2.05, 4.69) is 62.4 Å². The van der Waals surface area contributed by atoms with Crippen LogP contribution in [-0.4, -0.2) is 0 Å². The summed E-state index contributed by atoms with van der Waals surface area (Å²) in [4.78, 5) is 0. The topological polar surface area (TPSA) is 0 Å². The summed E-state index contributed by atoms with van der Waals surface area (Å²) >= 11 is 6.52. The van der Waals surface area contributed by atoms with Crippen LogP contribution in [0, 0.1) is 13.8 Å². The summed E-state index contributed by atoms with van der Waals surface area (Å²) < 4.78 is 0. The van der Waals surface area contributed by atoms with Crippen LogP contribution in [0.25, 0.3) is 0 Å². The Labute approximate surface area is 108 Å². The van der Waals surface area contributed by atoms with Gasteiger partial charge in [0.2, 0.25) is 0 Å². The van der Waals surface area contributed by atoms with Crippen LogP contribution in [0.4, 0.5) is 0 Å². The van der Waals surface area contributed by atoms with Gasteiger partial charge in [-0.05, 0) is 42.5 Å². The second-order valence-corrected chi connectivity index (χ2v) is 4.98. The zero-order valence-electron chi connectivity index (χ0n) is 10.3. The minimum absolute atomic E-state index is 0.0531. The Hall–Kier alpha value is -1.27. The Balaban J connectivity index is 2.20. The lowest BCUT2D eigenvalue weighted by atomic mass is 9.98. The van der Waals surface area contributed by atoms with Crippen molar-refractivity contribution < 1.29 is 0 Å². The van der Waals surface area contributed by atoms with Crippen LogP contribution >= 0.6 is 11.6 Å². The maximum atomic E-state index is 6.52. The van der Waals surface area contributed by atoms with Crippen molar-refractivity contribution in [2.24, 2.45) is 0 Å². The minimum Gasteiger partial charge on any atom is -0.117 e.